The molecule has 0 aromatic heterocycles. The largest absolute Gasteiger partial charge is 0.478 e. The average molecular weight is 283 g/mol. The van der Waals surface area contributed by atoms with Crippen LogP contribution in [-0.2, 0) is 4.79 Å². The van der Waals surface area contributed by atoms with Crippen molar-refractivity contribution in [2.24, 2.45) is 0 Å². The van der Waals surface area contributed by atoms with Crippen molar-refractivity contribution in [1.82, 2.24) is 0 Å². The van der Waals surface area contributed by atoms with Gasteiger partial charge in [0.05, 0.1) is 10.5 Å². The van der Waals surface area contributed by atoms with Crippen LogP contribution in [0.15, 0.2) is 48.5 Å². The lowest BCUT2D eigenvalue weighted by atomic mass is 10.0. The van der Waals surface area contributed by atoms with Crippen LogP contribution in [0.5, 0.6) is 0 Å². The maximum absolute atomic E-state index is 11.4. The van der Waals surface area contributed by atoms with E-state index in [4.69, 9.17) is 0 Å². The van der Waals surface area contributed by atoms with Gasteiger partial charge in [-0.3, -0.25) is 10.1 Å². The molecule has 0 fully saturated rings. The molecule has 0 saturated carbocycles. The third-order valence-electron chi connectivity index (χ3n) is 3.01. The SMILES string of the molecule is Cc1ccc(/C(=C\c2ccc([N+](=O)[O-])cc2)C(=O)O)cc1. The predicted molar refractivity (Wildman–Crippen MR) is 79.8 cm³/mol. The molecule has 0 heterocycles. The van der Waals surface area contributed by atoms with Crippen LogP contribution in [0.25, 0.3) is 11.6 Å². The lowest BCUT2D eigenvalue weighted by Crippen LogP contribution is -1.99. The second-order valence-corrected chi connectivity index (χ2v) is 4.58. The zero-order valence-electron chi connectivity index (χ0n) is 11.3. The van der Waals surface area contributed by atoms with Crippen LogP contribution >= 0.6 is 0 Å². The predicted octanol–water partition coefficient (Wildman–Crippen LogP) is 3.53. The number of hydrogen-bond donors (Lipinski definition) is 1. The maximum atomic E-state index is 11.4. The van der Waals surface area contributed by atoms with Crippen molar-refractivity contribution >= 4 is 23.3 Å². The third kappa shape index (κ3) is 3.54. The van der Waals surface area contributed by atoms with E-state index < -0.39 is 10.9 Å². The lowest BCUT2D eigenvalue weighted by Gasteiger charge is -2.04. The van der Waals surface area contributed by atoms with E-state index in [0.29, 0.717) is 11.1 Å². The molecule has 0 spiro atoms. The van der Waals surface area contributed by atoms with Gasteiger partial charge in [0, 0.05) is 12.1 Å². The average Bonchev–Trinajstić information content (AvgIpc) is 2.46. The standard InChI is InChI=1S/C16H13NO4/c1-11-2-6-13(7-3-11)15(16(18)19)10-12-4-8-14(9-5-12)17(20)21/h2-10H,1H3,(H,18,19)/b15-10+. The number of nitrogens with zero attached hydrogens (tertiary/aromatic N) is 1. The number of nitro groups is 1. The van der Waals surface area contributed by atoms with E-state index in [1.165, 1.54) is 30.3 Å². The lowest BCUT2D eigenvalue weighted by molar-refractivity contribution is -0.384. The van der Waals surface area contributed by atoms with Crippen LogP contribution in [0.3, 0.4) is 0 Å². The Hall–Kier alpha value is -2.95. The highest BCUT2D eigenvalue weighted by molar-refractivity contribution is 6.20. The molecule has 0 bridgehead atoms. The van der Waals surface area contributed by atoms with Crippen molar-refractivity contribution in [3.8, 4) is 0 Å². The van der Waals surface area contributed by atoms with E-state index in [1.54, 1.807) is 12.1 Å². The Balaban J connectivity index is 2.40. The summed E-state index contributed by atoms with van der Waals surface area (Å²) in [6.07, 6.45) is 1.50. The molecule has 2 aromatic carbocycles. The Morgan fingerprint density at radius 2 is 1.67 bits per heavy atom. The van der Waals surface area contributed by atoms with Crippen LogP contribution in [0.2, 0.25) is 0 Å². The fourth-order valence-corrected chi connectivity index (χ4v) is 1.86. The Kier molecular flexibility index (Phi) is 4.13. The molecular formula is C16H13NO4. The van der Waals surface area contributed by atoms with Crippen LogP contribution in [0.4, 0.5) is 5.69 Å². The highest BCUT2D eigenvalue weighted by Gasteiger charge is 2.11. The Labute approximate surface area is 121 Å². The highest BCUT2D eigenvalue weighted by Crippen LogP contribution is 2.21. The van der Waals surface area contributed by atoms with Crippen molar-refractivity contribution in [3.05, 3.63) is 75.3 Å². The van der Waals surface area contributed by atoms with Gasteiger partial charge in [-0.15, -0.1) is 0 Å². The van der Waals surface area contributed by atoms with E-state index in [9.17, 15) is 20.0 Å². The summed E-state index contributed by atoms with van der Waals surface area (Å²) in [4.78, 5) is 21.5. The Bertz CT molecular complexity index is 700. The van der Waals surface area contributed by atoms with Crippen LogP contribution in [0, 0.1) is 17.0 Å². The number of aliphatic carboxylic acids is 1. The van der Waals surface area contributed by atoms with Gasteiger partial charge in [-0.05, 0) is 36.3 Å². The minimum atomic E-state index is -1.04. The fourth-order valence-electron chi connectivity index (χ4n) is 1.86. The van der Waals surface area contributed by atoms with E-state index in [-0.39, 0.29) is 11.3 Å². The molecule has 5 heteroatoms. The zero-order chi connectivity index (χ0) is 15.4. The molecule has 2 rings (SSSR count). The first-order valence-electron chi connectivity index (χ1n) is 6.24. The first-order valence-corrected chi connectivity index (χ1v) is 6.24. The van der Waals surface area contributed by atoms with Crippen LogP contribution in [-0.4, -0.2) is 16.0 Å². The van der Waals surface area contributed by atoms with Crippen molar-refractivity contribution < 1.29 is 14.8 Å². The normalized spacial score (nSPS) is 11.2. The molecule has 0 saturated heterocycles. The minimum absolute atomic E-state index is 0.0284. The first-order chi connectivity index (χ1) is 9.97. The Morgan fingerprint density at radius 1 is 1.10 bits per heavy atom. The molecule has 0 amide bonds. The second-order valence-electron chi connectivity index (χ2n) is 4.58. The molecule has 106 valence electrons. The number of hydrogen-bond acceptors (Lipinski definition) is 3. The zero-order valence-corrected chi connectivity index (χ0v) is 11.3. The number of carbonyl (C=O) groups is 1. The van der Waals surface area contributed by atoms with Gasteiger partial charge in [0.1, 0.15) is 0 Å². The topological polar surface area (TPSA) is 80.4 Å². The first kappa shape index (κ1) is 14.5. The molecule has 21 heavy (non-hydrogen) atoms. The summed E-state index contributed by atoms with van der Waals surface area (Å²) in [5, 5.41) is 19.9. The van der Waals surface area contributed by atoms with Crippen molar-refractivity contribution in [1.29, 1.82) is 0 Å². The number of carboxylic acid groups (broad SMARTS) is 1. The number of carboxylic acids is 1. The summed E-state index contributed by atoms with van der Waals surface area (Å²) in [6.45, 7) is 1.92. The molecule has 5 nitrogen and oxygen atoms in total. The smallest absolute Gasteiger partial charge is 0.336 e. The van der Waals surface area contributed by atoms with Crippen LogP contribution < -0.4 is 0 Å². The fraction of sp³-hybridized carbons (Fsp3) is 0.0625. The summed E-state index contributed by atoms with van der Waals surface area (Å²) in [5.41, 5.74) is 2.34. The van der Waals surface area contributed by atoms with Gasteiger partial charge < -0.3 is 5.11 Å². The van der Waals surface area contributed by atoms with Gasteiger partial charge in [0.15, 0.2) is 0 Å². The van der Waals surface area contributed by atoms with Crippen molar-refractivity contribution in [2.45, 2.75) is 6.92 Å². The summed E-state index contributed by atoms with van der Waals surface area (Å²) < 4.78 is 0. The quantitative estimate of drug-likeness (QED) is 0.403. The summed E-state index contributed by atoms with van der Waals surface area (Å²) in [5.74, 6) is -1.04. The van der Waals surface area contributed by atoms with Crippen molar-refractivity contribution in [2.75, 3.05) is 0 Å². The van der Waals surface area contributed by atoms with E-state index >= 15 is 0 Å². The molecule has 0 radical (unpaired) electrons. The van der Waals surface area contributed by atoms with Gasteiger partial charge in [0.2, 0.25) is 0 Å². The molecule has 0 unspecified atom stereocenters. The number of nitro benzene ring substituents is 1. The van der Waals surface area contributed by atoms with Gasteiger partial charge in [0.25, 0.3) is 5.69 Å². The van der Waals surface area contributed by atoms with Gasteiger partial charge in [-0.2, -0.15) is 0 Å². The van der Waals surface area contributed by atoms with Crippen LogP contribution in [0.1, 0.15) is 16.7 Å². The summed E-state index contributed by atoms with van der Waals surface area (Å²) in [6, 6.07) is 12.9. The summed E-state index contributed by atoms with van der Waals surface area (Å²) in [7, 11) is 0. The number of non-ortho nitro benzene ring substituents is 1. The summed E-state index contributed by atoms with van der Waals surface area (Å²) >= 11 is 0. The molecule has 2 aromatic rings. The molecular weight excluding hydrogens is 270 g/mol. The second kappa shape index (κ2) is 6.00. The van der Waals surface area contributed by atoms with Gasteiger partial charge >= 0.3 is 5.97 Å². The number of aryl methyl sites for hydroxylation is 1. The number of benzene rings is 2. The molecule has 0 aliphatic rings. The monoisotopic (exact) mass is 283 g/mol. The highest BCUT2D eigenvalue weighted by atomic mass is 16.6. The van der Waals surface area contributed by atoms with Crippen molar-refractivity contribution in [3.63, 3.8) is 0 Å². The molecule has 1 N–H and O–H groups in total. The maximum Gasteiger partial charge on any atom is 0.336 e. The minimum Gasteiger partial charge on any atom is -0.478 e. The Morgan fingerprint density at radius 3 is 2.14 bits per heavy atom. The number of rotatable bonds is 4. The third-order valence-corrected chi connectivity index (χ3v) is 3.01. The van der Waals surface area contributed by atoms with Gasteiger partial charge in [-0.1, -0.05) is 29.8 Å². The molecule has 0 aliphatic carbocycles. The van der Waals surface area contributed by atoms with E-state index in [1.807, 2.05) is 19.1 Å². The van der Waals surface area contributed by atoms with E-state index in [2.05, 4.69) is 0 Å². The molecule has 0 atom stereocenters. The van der Waals surface area contributed by atoms with E-state index in [0.717, 1.165) is 5.56 Å². The molecule has 0 aliphatic heterocycles. The van der Waals surface area contributed by atoms with Gasteiger partial charge in [-0.25, -0.2) is 4.79 Å².